The molecule has 0 saturated carbocycles. The van der Waals surface area contributed by atoms with Crippen LogP contribution in [0.1, 0.15) is 0 Å². The van der Waals surface area contributed by atoms with Crippen LogP contribution in [0.4, 0.5) is 5.82 Å². The molecule has 3 rings (SSSR count). The number of aromatic nitrogens is 4. The summed E-state index contributed by atoms with van der Waals surface area (Å²) in [6.07, 6.45) is 2.72. The van der Waals surface area contributed by atoms with Gasteiger partial charge in [-0.25, -0.2) is 18.5 Å². The lowest BCUT2D eigenvalue weighted by atomic mass is 10.2. The van der Waals surface area contributed by atoms with Gasteiger partial charge < -0.3 is 9.64 Å². The summed E-state index contributed by atoms with van der Waals surface area (Å²) in [6, 6.07) is 3.70. The molecule has 1 aliphatic rings. The molecule has 0 amide bonds. The summed E-state index contributed by atoms with van der Waals surface area (Å²) >= 11 is 0. The molecule has 9 heteroatoms. The molecule has 1 N–H and O–H groups in total. The normalized spacial score (nSPS) is 16.1. The van der Waals surface area contributed by atoms with Crippen molar-refractivity contribution >= 4 is 15.7 Å². The van der Waals surface area contributed by atoms with E-state index in [2.05, 4.69) is 25.1 Å². The number of anilines is 1. The average Bonchev–Trinajstić information content (AvgIpc) is 2.98. The van der Waals surface area contributed by atoms with E-state index in [0.29, 0.717) is 24.6 Å². The van der Waals surface area contributed by atoms with Gasteiger partial charge in [0.1, 0.15) is 5.82 Å². The zero-order valence-corrected chi connectivity index (χ0v) is 12.3. The van der Waals surface area contributed by atoms with Crippen LogP contribution in [-0.4, -0.2) is 61.1 Å². The van der Waals surface area contributed by atoms with E-state index in [4.69, 9.17) is 4.74 Å². The molecular formula is C12H15N5O3S. The third-order valence-electron chi connectivity index (χ3n) is 3.16. The minimum atomic E-state index is -3.39. The van der Waals surface area contributed by atoms with Gasteiger partial charge in [0, 0.05) is 31.1 Å². The van der Waals surface area contributed by atoms with Crippen LogP contribution in [-0.2, 0) is 14.6 Å². The molecule has 0 unspecified atom stereocenters. The Morgan fingerprint density at radius 1 is 1.29 bits per heavy atom. The first-order valence-corrected chi connectivity index (χ1v) is 8.35. The van der Waals surface area contributed by atoms with Gasteiger partial charge >= 0.3 is 0 Å². The molecule has 0 aliphatic carbocycles. The number of hydrogen-bond donors (Lipinski definition) is 1. The molecule has 1 aliphatic heterocycles. The Morgan fingerprint density at radius 2 is 2.05 bits per heavy atom. The number of nitrogens with zero attached hydrogens (tertiary/aromatic N) is 4. The number of sulfone groups is 1. The highest BCUT2D eigenvalue weighted by atomic mass is 32.2. The molecule has 8 nitrogen and oxygen atoms in total. The Balaban J connectivity index is 1.82. The fraction of sp³-hybridized carbons (Fsp3) is 0.417. The Bertz CT molecular complexity index is 720. The summed E-state index contributed by atoms with van der Waals surface area (Å²) in [5, 5.41) is 6.18. The molecule has 3 heterocycles. The van der Waals surface area contributed by atoms with E-state index in [0.717, 1.165) is 25.2 Å². The van der Waals surface area contributed by atoms with E-state index < -0.39 is 9.84 Å². The average molecular weight is 309 g/mol. The molecule has 2 aromatic heterocycles. The van der Waals surface area contributed by atoms with E-state index in [1.165, 1.54) is 0 Å². The summed E-state index contributed by atoms with van der Waals surface area (Å²) < 4.78 is 28.0. The number of aromatic amines is 1. The molecule has 112 valence electrons. The van der Waals surface area contributed by atoms with Crippen molar-refractivity contribution in [3.05, 3.63) is 18.3 Å². The number of pyridine rings is 1. The number of morpholine rings is 1. The first-order valence-electron chi connectivity index (χ1n) is 6.45. The highest BCUT2D eigenvalue weighted by Crippen LogP contribution is 2.19. The van der Waals surface area contributed by atoms with Crippen molar-refractivity contribution in [2.75, 3.05) is 37.5 Å². The van der Waals surface area contributed by atoms with Crippen LogP contribution in [0.5, 0.6) is 0 Å². The van der Waals surface area contributed by atoms with Crippen molar-refractivity contribution in [3.8, 4) is 11.4 Å². The summed E-state index contributed by atoms with van der Waals surface area (Å²) in [5.74, 6) is 1.18. The molecule has 1 saturated heterocycles. The van der Waals surface area contributed by atoms with Crippen LogP contribution in [0.3, 0.4) is 0 Å². The monoisotopic (exact) mass is 309 g/mol. The maximum absolute atomic E-state index is 11.4. The quantitative estimate of drug-likeness (QED) is 0.858. The van der Waals surface area contributed by atoms with Crippen molar-refractivity contribution in [3.63, 3.8) is 0 Å². The fourth-order valence-corrected chi connectivity index (χ4v) is 2.50. The van der Waals surface area contributed by atoms with Crippen molar-refractivity contribution in [2.45, 2.75) is 5.16 Å². The number of H-pyrrole nitrogens is 1. The van der Waals surface area contributed by atoms with E-state index >= 15 is 0 Å². The van der Waals surface area contributed by atoms with Crippen molar-refractivity contribution in [1.29, 1.82) is 0 Å². The molecule has 2 aromatic rings. The second-order valence-electron chi connectivity index (χ2n) is 4.74. The van der Waals surface area contributed by atoms with Crippen molar-refractivity contribution in [1.82, 2.24) is 20.2 Å². The van der Waals surface area contributed by atoms with E-state index in [-0.39, 0.29) is 5.16 Å². The SMILES string of the molecule is CS(=O)(=O)c1nc(-c2ccc(N3CCOCC3)nc2)n[nH]1. The number of ether oxygens (including phenoxy) is 1. The predicted octanol–water partition coefficient (Wildman–Crippen LogP) is 0.107. The van der Waals surface area contributed by atoms with Crippen LogP contribution in [0.15, 0.2) is 23.5 Å². The smallest absolute Gasteiger partial charge is 0.243 e. The molecule has 0 atom stereocenters. The van der Waals surface area contributed by atoms with E-state index in [1.54, 1.807) is 6.20 Å². The molecule has 21 heavy (non-hydrogen) atoms. The van der Waals surface area contributed by atoms with Gasteiger partial charge in [0.2, 0.25) is 15.0 Å². The third kappa shape index (κ3) is 3.03. The van der Waals surface area contributed by atoms with Gasteiger partial charge in [-0.2, -0.15) is 10.1 Å². The fourth-order valence-electron chi connectivity index (χ4n) is 2.04. The van der Waals surface area contributed by atoms with Gasteiger partial charge in [-0.3, -0.25) is 0 Å². The number of nitrogens with one attached hydrogen (secondary N) is 1. The van der Waals surface area contributed by atoms with Crippen LogP contribution in [0.2, 0.25) is 0 Å². The van der Waals surface area contributed by atoms with Gasteiger partial charge in [-0.05, 0) is 12.1 Å². The minimum absolute atomic E-state index is 0.144. The van der Waals surface area contributed by atoms with Crippen LogP contribution in [0, 0.1) is 0 Å². The second kappa shape index (κ2) is 5.41. The Kier molecular flexibility index (Phi) is 3.60. The standard InChI is InChI=1S/C12H15N5O3S/c1-21(18,19)12-14-11(15-16-12)9-2-3-10(13-8-9)17-4-6-20-7-5-17/h2-3,8H,4-7H2,1H3,(H,14,15,16). The predicted molar refractivity (Wildman–Crippen MR) is 75.8 cm³/mol. The Hall–Kier alpha value is -2.00. The van der Waals surface area contributed by atoms with E-state index in [1.807, 2.05) is 12.1 Å². The first kappa shape index (κ1) is 14.0. The zero-order valence-electron chi connectivity index (χ0n) is 11.5. The maximum atomic E-state index is 11.4. The third-order valence-corrected chi connectivity index (χ3v) is 4.04. The Morgan fingerprint density at radius 3 is 2.62 bits per heavy atom. The van der Waals surface area contributed by atoms with Gasteiger partial charge in [-0.1, -0.05) is 0 Å². The lowest BCUT2D eigenvalue weighted by Crippen LogP contribution is -2.36. The molecule has 0 aromatic carbocycles. The van der Waals surface area contributed by atoms with Crippen LogP contribution < -0.4 is 4.90 Å². The largest absolute Gasteiger partial charge is 0.378 e. The van der Waals surface area contributed by atoms with Gasteiger partial charge in [0.15, 0.2) is 5.82 Å². The van der Waals surface area contributed by atoms with Crippen LogP contribution >= 0.6 is 0 Å². The highest BCUT2D eigenvalue weighted by Gasteiger charge is 2.16. The van der Waals surface area contributed by atoms with Crippen LogP contribution in [0.25, 0.3) is 11.4 Å². The number of rotatable bonds is 3. The second-order valence-corrected chi connectivity index (χ2v) is 6.67. The van der Waals surface area contributed by atoms with Gasteiger partial charge in [0.25, 0.3) is 0 Å². The Labute approximate surface area is 122 Å². The first-order chi connectivity index (χ1) is 10.0. The lowest BCUT2D eigenvalue weighted by Gasteiger charge is -2.27. The highest BCUT2D eigenvalue weighted by molar-refractivity contribution is 7.90. The van der Waals surface area contributed by atoms with Gasteiger partial charge in [0.05, 0.1) is 13.2 Å². The van der Waals surface area contributed by atoms with E-state index in [9.17, 15) is 8.42 Å². The molecule has 0 radical (unpaired) electrons. The molecule has 0 spiro atoms. The van der Waals surface area contributed by atoms with Crippen molar-refractivity contribution < 1.29 is 13.2 Å². The molecule has 0 bridgehead atoms. The van der Waals surface area contributed by atoms with Gasteiger partial charge in [-0.15, -0.1) is 0 Å². The minimum Gasteiger partial charge on any atom is -0.378 e. The number of hydrogen-bond acceptors (Lipinski definition) is 7. The summed E-state index contributed by atoms with van der Waals surface area (Å²) in [7, 11) is -3.39. The summed E-state index contributed by atoms with van der Waals surface area (Å²) in [5.41, 5.74) is 0.665. The lowest BCUT2D eigenvalue weighted by molar-refractivity contribution is 0.122. The summed E-state index contributed by atoms with van der Waals surface area (Å²) in [4.78, 5) is 10.5. The molecule has 1 fully saturated rings. The topological polar surface area (TPSA) is 101 Å². The molecular weight excluding hydrogens is 294 g/mol. The maximum Gasteiger partial charge on any atom is 0.243 e. The zero-order chi connectivity index (χ0) is 14.9. The summed E-state index contributed by atoms with van der Waals surface area (Å²) in [6.45, 7) is 3.01. The van der Waals surface area contributed by atoms with Crippen molar-refractivity contribution in [2.24, 2.45) is 0 Å².